The van der Waals surface area contributed by atoms with E-state index < -0.39 is 0 Å². The minimum atomic E-state index is -0.380. The molecule has 0 spiro atoms. The molecule has 7 nitrogen and oxygen atoms in total. The second-order valence-electron chi connectivity index (χ2n) is 5.80. The number of carbonyl (C=O) groups is 1. The number of benzene rings is 2. The minimum absolute atomic E-state index is 0.352. The van der Waals surface area contributed by atoms with Gasteiger partial charge in [0.15, 0.2) is 5.82 Å². The molecule has 0 aliphatic rings. The van der Waals surface area contributed by atoms with Gasteiger partial charge in [-0.05, 0) is 49.7 Å². The Bertz CT molecular complexity index is 925. The molecule has 0 saturated heterocycles. The highest BCUT2D eigenvalue weighted by molar-refractivity contribution is 5.89. The highest BCUT2D eigenvalue weighted by Crippen LogP contribution is 2.21. The molecule has 0 unspecified atom stereocenters. The largest absolute Gasteiger partial charge is 0.465 e. The summed E-state index contributed by atoms with van der Waals surface area (Å²) >= 11 is 0. The maximum atomic E-state index is 11.5. The van der Waals surface area contributed by atoms with E-state index in [4.69, 9.17) is 0 Å². The molecular formula is C19H19N5O2. The van der Waals surface area contributed by atoms with Crippen molar-refractivity contribution in [1.29, 1.82) is 0 Å². The van der Waals surface area contributed by atoms with E-state index in [1.165, 1.54) is 12.7 Å². The van der Waals surface area contributed by atoms with E-state index in [1.807, 2.05) is 19.1 Å². The van der Waals surface area contributed by atoms with Crippen LogP contribution in [0.3, 0.4) is 0 Å². The molecular weight excluding hydrogens is 330 g/mol. The van der Waals surface area contributed by atoms with Gasteiger partial charge in [0.1, 0.15) is 0 Å². The number of anilines is 4. The maximum Gasteiger partial charge on any atom is 0.337 e. The summed E-state index contributed by atoms with van der Waals surface area (Å²) in [6.07, 6.45) is 1.56. The Morgan fingerprint density at radius 3 is 2.50 bits per heavy atom. The smallest absolute Gasteiger partial charge is 0.337 e. The van der Waals surface area contributed by atoms with Crippen LogP contribution >= 0.6 is 0 Å². The predicted molar refractivity (Wildman–Crippen MR) is 100 cm³/mol. The van der Waals surface area contributed by atoms with Gasteiger partial charge < -0.3 is 15.4 Å². The van der Waals surface area contributed by atoms with E-state index in [9.17, 15) is 4.79 Å². The standard InChI is InChI=1S/C19H19N5O2/c1-12-4-9-16(13(2)10-12)22-17-11-20-24-19(23-17)21-15-7-5-14(6-8-15)18(25)26-3/h4-11H,1-3H3,(H2,21,22,23,24). The van der Waals surface area contributed by atoms with Gasteiger partial charge in [0, 0.05) is 11.4 Å². The molecule has 0 radical (unpaired) electrons. The normalized spacial score (nSPS) is 10.3. The fraction of sp³-hybridized carbons (Fsp3) is 0.158. The highest BCUT2D eigenvalue weighted by Gasteiger charge is 2.06. The lowest BCUT2D eigenvalue weighted by molar-refractivity contribution is 0.0601. The molecule has 1 aromatic heterocycles. The number of hydrogen-bond acceptors (Lipinski definition) is 7. The van der Waals surface area contributed by atoms with Crippen LogP contribution in [0, 0.1) is 13.8 Å². The summed E-state index contributed by atoms with van der Waals surface area (Å²) in [6.45, 7) is 4.09. The highest BCUT2D eigenvalue weighted by atomic mass is 16.5. The lowest BCUT2D eigenvalue weighted by Gasteiger charge is -2.10. The van der Waals surface area contributed by atoms with Crippen molar-refractivity contribution in [2.75, 3.05) is 17.7 Å². The average Bonchev–Trinajstić information content (AvgIpc) is 2.64. The molecule has 7 heteroatoms. The van der Waals surface area contributed by atoms with Gasteiger partial charge in [-0.25, -0.2) is 4.79 Å². The second kappa shape index (κ2) is 7.60. The molecule has 0 aliphatic heterocycles. The first-order chi connectivity index (χ1) is 12.5. The van der Waals surface area contributed by atoms with Crippen molar-refractivity contribution in [3.8, 4) is 0 Å². The maximum absolute atomic E-state index is 11.5. The van der Waals surface area contributed by atoms with Gasteiger partial charge >= 0.3 is 5.97 Å². The van der Waals surface area contributed by atoms with Crippen LogP contribution in [0.1, 0.15) is 21.5 Å². The van der Waals surface area contributed by atoms with Crippen molar-refractivity contribution < 1.29 is 9.53 Å². The van der Waals surface area contributed by atoms with E-state index in [0.717, 1.165) is 16.9 Å². The minimum Gasteiger partial charge on any atom is -0.465 e. The van der Waals surface area contributed by atoms with E-state index in [1.54, 1.807) is 30.5 Å². The zero-order valence-electron chi connectivity index (χ0n) is 14.8. The molecule has 2 aromatic carbocycles. The molecule has 132 valence electrons. The van der Waals surface area contributed by atoms with E-state index in [2.05, 4.69) is 43.5 Å². The van der Waals surface area contributed by atoms with Crippen LogP contribution in [-0.4, -0.2) is 28.3 Å². The summed E-state index contributed by atoms with van der Waals surface area (Å²) < 4.78 is 4.68. The molecule has 0 atom stereocenters. The Kier molecular flexibility index (Phi) is 5.07. The number of hydrogen-bond donors (Lipinski definition) is 2. The first-order valence-corrected chi connectivity index (χ1v) is 8.04. The van der Waals surface area contributed by atoms with Crippen LogP contribution in [-0.2, 0) is 4.74 Å². The Morgan fingerprint density at radius 2 is 1.81 bits per heavy atom. The fourth-order valence-corrected chi connectivity index (χ4v) is 2.45. The average molecular weight is 349 g/mol. The molecule has 0 fully saturated rings. The topological polar surface area (TPSA) is 89.0 Å². The van der Waals surface area contributed by atoms with Crippen molar-refractivity contribution >= 4 is 29.1 Å². The Balaban J connectivity index is 1.74. The van der Waals surface area contributed by atoms with Gasteiger partial charge in [-0.3, -0.25) is 0 Å². The van der Waals surface area contributed by atoms with Crippen molar-refractivity contribution in [1.82, 2.24) is 15.2 Å². The zero-order valence-corrected chi connectivity index (χ0v) is 14.8. The summed E-state index contributed by atoms with van der Waals surface area (Å²) in [5, 5.41) is 14.3. The van der Waals surface area contributed by atoms with Crippen LogP contribution in [0.5, 0.6) is 0 Å². The third-order valence-electron chi connectivity index (χ3n) is 3.77. The summed E-state index contributed by atoms with van der Waals surface area (Å²) in [5.74, 6) is 0.556. The second-order valence-corrected chi connectivity index (χ2v) is 5.80. The van der Waals surface area contributed by atoms with Crippen molar-refractivity contribution in [3.05, 3.63) is 65.4 Å². The fourth-order valence-electron chi connectivity index (χ4n) is 2.45. The Labute approximate surface area is 151 Å². The number of nitrogens with zero attached hydrogens (tertiary/aromatic N) is 3. The first kappa shape index (κ1) is 17.3. The number of aromatic nitrogens is 3. The van der Waals surface area contributed by atoms with Crippen molar-refractivity contribution in [3.63, 3.8) is 0 Å². The summed E-state index contributed by atoms with van der Waals surface area (Å²) in [4.78, 5) is 15.9. The number of methoxy groups -OCH3 is 1. The van der Waals surface area contributed by atoms with Gasteiger partial charge in [0.25, 0.3) is 0 Å². The summed E-state index contributed by atoms with van der Waals surface area (Å²) in [6, 6.07) is 13.0. The van der Waals surface area contributed by atoms with E-state index in [-0.39, 0.29) is 5.97 Å². The first-order valence-electron chi connectivity index (χ1n) is 8.04. The number of rotatable bonds is 5. The van der Waals surface area contributed by atoms with Crippen LogP contribution in [0.2, 0.25) is 0 Å². The quantitative estimate of drug-likeness (QED) is 0.678. The molecule has 0 bridgehead atoms. The van der Waals surface area contributed by atoms with Crippen molar-refractivity contribution in [2.45, 2.75) is 13.8 Å². The molecule has 0 saturated carbocycles. The monoisotopic (exact) mass is 349 g/mol. The molecule has 0 amide bonds. The summed E-state index contributed by atoms with van der Waals surface area (Å²) in [7, 11) is 1.35. The van der Waals surface area contributed by atoms with Gasteiger partial charge in [-0.15, -0.1) is 5.10 Å². The number of esters is 1. The molecule has 2 N–H and O–H groups in total. The number of nitrogens with one attached hydrogen (secondary N) is 2. The third kappa shape index (κ3) is 4.13. The zero-order chi connectivity index (χ0) is 18.5. The van der Waals surface area contributed by atoms with Gasteiger partial charge in [0.05, 0.1) is 18.9 Å². The van der Waals surface area contributed by atoms with E-state index >= 15 is 0 Å². The third-order valence-corrected chi connectivity index (χ3v) is 3.77. The van der Waals surface area contributed by atoms with Gasteiger partial charge in [0.2, 0.25) is 5.95 Å². The molecule has 3 rings (SSSR count). The molecule has 3 aromatic rings. The van der Waals surface area contributed by atoms with Crippen LogP contribution in [0.25, 0.3) is 0 Å². The summed E-state index contributed by atoms with van der Waals surface area (Å²) in [5.41, 5.74) is 4.50. The molecule has 26 heavy (non-hydrogen) atoms. The number of carbonyl (C=O) groups excluding carboxylic acids is 1. The molecule has 0 aliphatic carbocycles. The SMILES string of the molecule is COC(=O)c1ccc(Nc2nncc(Nc3ccc(C)cc3C)n2)cc1. The Morgan fingerprint density at radius 1 is 1.04 bits per heavy atom. The number of aryl methyl sites for hydroxylation is 2. The van der Waals surface area contributed by atoms with Crippen molar-refractivity contribution in [2.24, 2.45) is 0 Å². The van der Waals surface area contributed by atoms with Gasteiger partial charge in [-0.2, -0.15) is 10.1 Å². The van der Waals surface area contributed by atoms with Crippen LogP contribution in [0.4, 0.5) is 23.1 Å². The lowest BCUT2D eigenvalue weighted by atomic mass is 10.1. The van der Waals surface area contributed by atoms with E-state index in [0.29, 0.717) is 17.3 Å². The lowest BCUT2D eigenvalue weighted by Crippen LogP contribution is -2.04. The van der Waals surface area contributed by atoms with Crippen LogP contribution < -0.4 is 10.6 Å². The number of ether oxygens (including phenoxy) is 1. The predicted octanol–water partition coefficient (Wildman–Crippen LogP) is 3.76. The van der Waals surface area contributed by atoms with Crippen LogP contribution in [0.15, 0.2) is 48.7 Å². The van der Waals surface area contributed by atoms with Gasteiger partial charge in [-0.1, -0.05) is 17.7 Å². The Hall–Kier alpha value is -3.48. The molecule has 1 heterocycles.